The lowest BCUT2D eigenvalue weighted by Gasteiger charge is -2.04. The van der Waals surface area contributed by atoms with E-state index in [-0.39, 0.29) is 11.5 Å². The molecular weight excluding hydrogens is 316 g/mol. The fourth-order valence-corrected chi connectivity index (χ4v) is 2.56. The first-order valence-electron chi connectivity index (χ1n) is 7.71. The number of aromatic nitrogens is 4. The van der Waals surface area contributed by atoms with E-state index in [1.165, 1.54) is 6.07 Å². The number of rotatable bonds is 3. The summed E-state index contributed by atoms with van der Waals surface area (Å²) < 4.78 is 0. The molecule has 7 heteroatoms. The zero-order valence-electron chi connectivity index (χ0n) is 13.4. The van der Waals surface area contributed by atoms with Gasteiger partial charge in [-0.05, 0) is 25.1 Å². The van der Waals surface area contributed by atoms with Gasteiger partial charge in [0.2, 0.25) is 5.95 Å². The van der Waals surface area contributed by atoms with Gasteiger partial charge in [-0.3, -0.25) is 9.78 Å². The maximum absolute atomic E-state index is 11.4. The molecule has 4 rings (SSSR count). The second-order valence-corrected chi connectivity index (χ2v) is 5.53. The Morgan fingerprint density at radius 3 is 2.56 bits per heavy atom. The summed E-state index contributed by atoms with van der Waals surface area (Å²) in [6.07, 6.45) is 1.63. The van der Waals surface area contributed by atoms with Gasteiger partial charge in [0, 0.05) is 17.3 Å². The highest BCUT2D eigenvalue weighted by molar-refractivity contribution is 5.98. The third-order valence-corrected chi connectivity index (χ3v) is 3.64. The predicted molar refractivity (Wildman–Crippen MR) is 97.9 cm³/mol. The van der Waals surface area contributed by atoms with Crippen molar-refractivity contribution >= 4 is 34.2 Å². The monoisotopic (exact) mass is 330 g/mol. The van der Waals surface area contributed by atoms with Gasteiger partial charge in [-0.1, -0.05) is 24.3 Å². The summed E-state index contributed by atoms with van der Waals surface area (Å²) in [5.74, 6) is 0.290. The first kappa shape index (κ1) is 14.9. The van der Waals surface area contributed by atoms with Crippen molar-refractivity contribution in [3.8, 4) is 0 Å². The molecule has 2 aromatic carbocycles. The number of hydrazone groups is 1. The molecule has 2 N–H and O–H groups in total. The third kappa shape index (κ3) is 3.07. The van der Waals surface area contributed by atoms with Gasteiger partial charge in [-0.15, -0.1) is 0 Å². The lowest BCUT2D eigenvalue weighted by Crippen LogP contribution is -2.10. The van der Waals surface area contributed by atoms with Gasteiger partial charge in [0.1, 0.15) is 0 Å². The van der Waals surface area contributed by atoms with E-state index in [1.807, 2.05) is 42.5 Å². The summed E-state index contributed by atoms with van der Waals surface area (Å²) in [7, 11) is 0. The van der Waals surface area contributed by atoms with Crippen LogP contribution >= 0.6 is 0 Å². The van der Waals surface area contributed by atoms with Crippen molar-refractivity contribution in [3.63, 3.8) is 0 Å². The number of aryl methyl sites for hydroxylation is 1. The number of anilines is 1. The van der Waals surface area contributed by atoms with Gasteiger partial charge in [0.25, 0.3) is 5.56 Å². The average molecular weight is 330 g/mol. The van der Waals surface area contributed by atoms with E-state index in [2.05, 4.69) is 30.5 Å². The van der Waals surface area contributed by atoms with E-state index in [0.717, 1.165) is 27.6 Å². The molecule has 0 saturated heterocycles. The largest absolute Gasteiger partial charge is 0.291 e. The predicted octanol–water partition coefficient (Wildman–Crippen LogP) is 2.62. The summed E-state index contributed by atoms with van der Waals surface area (Å²) in [6, 6.07) is 14.9. The smallest absolute Gasteiger partial charge is 0.252 e. The van der Waals surface area contributed by atoms with Gasteiger partial charge < -0.3 is 0 Å². The van der Waals surface area contributed by atoms with E-state index in [0.29, 0.717) is 5.69 Å². The molecule has 2 aromatic heterocycles. The Bertz CT molecular complexity index is 1160. The maximum Gasteiger partial charge on any atom is 0.252 e. The topological polar surface area (TPSA) is 95.9 Å². The zero-order chi connectivity index (χ0) is 17.2. The van der Waals surface area contributed by atoms with Crippen LogP contribution in [0.15, 0.2) is 58.4 Å². The normalized spacial score (nSPS) is 11.4. The molecule has 2 heterocycles. The Hall–Kier alpha value is -3.61. The van der Waals surface area contributed by atoms with Crippen LogP contribution in [-0.4, -0.2) is 26.2 Å². The van der Waals surface area contributed by atoms with Crippen LogP contribution in [0.25, 0.3) is 22.1 Å². The standard InChI is InChI=1S/C18H14N6O/c1-11-9-16(25)23-18(20-11)24-19-10-12-5-4-8-15-17(12)22-14-7-3-2-6-13(14)21-15/h2-10H,1H3,(H2,20,23,24,25)/b19-10+. The minimum Gasteiger partial charge on any atom is -0.291 e. The van der Waals surface area contributed by atoms with Gasteiger partial charge >= 0.3 is 0 Å². The van der Waals surface area contributed by atoms with Gasteiger partial charge in [0.05, 0.1) is 28.3 Å². The zero-order valence-corrected chi connectivity index (χ0v) is 13.4. The highest BCUT2D eigenvalue weighted by atomic mass is 16.1. The number of hydrogen-bond acceptors (Lipinski definition) is 6. The molecule has 25 heavy (non-hydrogen) atoms. The number of para-hydroxylation sites is 3. The maximum atomic E-state index is 11.4. The molecule has 7 nitrogen and oxygen atoms in total. The first-order valence-corrected chi connectivity index (χ1v) is 7.71. The second-order valence-electron chi connectivity index (χ2n) is 5.53. The van der Waals surface area contributed by atoms with Crippen LogP contribution in [-0.2, 0) is 0 Å². The molecule has 122 valence electrons. The Morgan fingerprint density at radius 1 is 1.00 bits per heavy atom. The van der Waals surface area contributed by atoms with Gasteiger partial charge in [0.15, 0.2) is 0 Å². The third-order valence-electron chi connectivity index (χ3n) is 3.64. The summed E-state index contributed by atoms with van der Waals surface area (Å²) in [5.41, 5.74) is 7.17. The second kappa shape index (κ2) is 6.12. The highest BCUT2D eigenvalue weighted by Gasteiger charge is 2.04. The number of nitrogens with zero attached hydrogens (tertiary/aromatic N) is 4. The van der Waals surface area contributed by atoms with Crippen LogP contribution in [0.2, 0.25) is 0 Å². The molecule has 0 spiro atoms. The van der Waals surface area contributed by atoms with Crippen molar-refractivity contribution in [2.45, 2.75) is 6.92 Å². The molecule has 4 aromatic rings. The first-order chi connectivity index (χ1) is 12.2. The lowest BCUT2D eigenvalue weighted by atomic mass is 10.2. The number of fused-ring (bicyclic) bond motifs is 2. The quantitative estimate of drug-likeness (QED) is 0.342. The van der Waals surface area contributed by atoms with Gasteiger partial charge in [-0.25, -0.2) is 20.4 Å². The van der Waals surface area contributed by atoms with E-state index in [4.69, 9.17) is 0 Å². The van der Waals surface area contributed by atoms with Crippen molar-refractivity contribution in [2.75, 3.05) is 5.43 Å². The summed E-state index contributed by atoms with van der Waals surface area (Å²) in [6.45, 7) is 1.75. The number of benzene rings is 2. The van der Waals surface area contributed by atoms with Crippen LogP contribution in [0.4, 0.5) is 5.95 Å². The molecule has 0 atom stereocenters. The van der Waals surface area contributed by atoms with Crippen molar-refractivity contribution in [2.24, 2.45) is 5.10 Å². The fraction of sp³-hybridized carbons (Fsp3) is 0.0556. The Labute approximate surface area is 142 Å². The molecule has 0 aliphatic heterocycles. The number of H-pyrrole nitrogens is 1. The van der Waals surface area contributed by atoms with Crippen LogP contribution in [0.5, 0.6) is 0 Å². The Balaban J connectivity index is 1.71. The summed E-state index contributed by atoms with van der Waals surface area (Å²) in [5, 5.41) is 4.15. The lowest BCUT2D eigenvalue weighted by molar-refractivity contribution is 1.04. The molecule has 0 saturated carbocycles. The summed E-state index contributed by atoms with van der Waals surface area (Å²) >= 11 is 0. The average Bonchev–Trinajstić information content (AvgIpc) is 2.59. The Morgan fingerprint density at radius 2 is 1.76 bits per heavy atom. The molecule has 0 fully saturated rings. The van der Waals surface area contributed by atoms with E-state index in [1.54, 1.807) is 13.1 Å². The summed E-state index contributed by atoms with van der Waals surface area (Å²) in [4.78, 5) is 27.5. The van der Waals surface area contributed by atoms with Crippen LogP contribution in [0.3, 0.4) is 0 Å². The van der Waals surface area contributed by atoms with Crippen molar-refractivity contribution in [1.82, 2.24) is 19.9 Å². The SMILES string of the molecule is Cc1cc(=O)[nH]c(N/N=C/c2cccc3nc4ccccc4nc23)n1. The van der Waals surface area contributed by atoms with Crippen molar-refractivity contribution in [3.05, 3.63) is 70.1 Å². The van der Waals surface area contributed by atoms with Crippen LogP contribution in [0, 0.1) is 6.92 Å². The van der Waals surface area contributed by atoms with E-state index >= 15 is 0 Å². The van der Waals surface area contributed by atoms with Crippen molar-refractivity contribution in [1.29, 1.82) is 0 Å². The number of aromatic amines is 1. The van der Waals surface area contributed by atoms with Crippen molar-refractivity contribution < 1.29 is 0 Å². The molecule has 0 aliphatic carbocycles. The molecular formula is C18H14N6O. The number of hydrogen-bond donors (Lipinski definition) is 2. The van der Waals surface area contributed by atoms with Crippen LogP contribution in [0.1, 0.15) is 11.3 Å². The molecule has 0 bridgehead atoms. The van der Waals surface area contributed by atoms with E-state index in [9.17, 15) is 4.79 Å². The molecule has 0 aliphatic rings. The molecule has 0 radical (unpaired) electrons. The van der Waals surface area contributed by atoms with E-state index < -0.39 is 0 Å². The van der Waals surface area contributed by atoms with Crippen LogP contribution < -0.4 is 11.0 Å². The Kier molecular flexibility index (Phi) is 3.66. The minimum atomic E-state index is -0.229. The highest BCUT2D eigenvalue weighted by Crippen LogP contribution is 2.18. The fourth-order valence-electron chi connectivity index (χ4n) is 2.56. The number of nitrogens with one attached hydrogen (secondary N) is 2. The molecule has 0 unspecified atom stereocenters. The van der Waals surface area contributed by atoms with Gasteiger partial charge in [-0.2, -0.15) is 5.10 Å². The molecule has 0 amide bonds. The minimum absolute atomic E-state index is 0.229.